The molecule has 2 aromatic heterocycles. The van der Waals surface area contributed by atoms with Crippen LogP contribution in [0.25, 0.3) is 11.3 Å². The molecule has 9 heteroatoms. The number of hydrogen-bond donors (Lipinski definition) is 4. The highest BCUT2D eigenvalue weighted by Crippen LogP contribution is 2.42. The molecule has 0 radical (unpaired) electrons. The van der Waals surface area contributed by atoms with Gasteiger partial charge in [0.25, 0.3) is 0 Å². The number of carboxylic acids is 1. The van der Waals surface area contributed by atoms with E-state index in [9.17, 15) is 14.7 Å². The molecule has 1 aliphatic carbocycles. The highest BCUT2D eigenvalue weighted by Gasteiger charge is 2.50. The quantitative estimate of drug-likeness (QED) is 0.430. The summed E-state index contributed by atoms with van der Waals surface area (Å²) in [6.45, 7) is 6.08. The van der Waals surface area contributed by atoms with E-state index in [1.165, 1.54) is 0 Å². The third-order valence-electron chi connectivity index (χ3n) is 5.63. The molecule has 160 valence electrons. The summed E-state index contributed by atoms with van der Waals surface area (Å²) in [6, 6.07) is 1.71. The molecule has 0 amide bonds. The Morgan fingerprint density at radius 3 is 2.60 bits per heavy atom. The first-order valence-electron chi connectivity index (χ1n) is 9.85. The van der Waals surface area contributed by atoms with E-state index in [0.29, 0.717) is 42.3 Å². The molecule has 1 atom stereocenters. The van der Waals surface area contributed by atoms with Crippen LogP contribution in [0.15, 0.2) is 12.3 Å². The number of aromatic amines is 1. The average Bonchev–Trinajstić information content (AvgIpc) is 2.98. The lowest BCUT2D eigenvalue weighted by Gasteiger charge is -2.44. The van der Waals surface area contributed by atoms with Gasteiger partial charge >= 0.3 is 11.9 Å². The predicted octanol–water partition coefficient (Wildman–Crippen LogP) is 2.25. The SMILES string of the molecule is CC(C)(C)OC(=O)C(c1[nH]c2c(c1C(=O)O)CCc1cnc(Cl)cc1-2)C1(N)CNC1. The third-order valence-corrected chi connectivity index (χ3v) is 5.83. The maximum absolute atomic E-state index is 13.2. The molecule has 8 nitrogen and oxygen atoms in total. The summed E-state index contributed by atoms with van der Waals surface area (Å²) in [5, 5.41) is 13.5. The van der Waals surface area contributed by atoms with Crippen molar-refractivity contribution in [3.8, 4) is 11.3 Å². The van der Waals surface area contributed by atoms with Gasteiger partial charge in [0.05, 0.1) is 16.8 Å². The smallest absolute Gasteiger partial charge is 0.337 e. The number of halogens is 1. The Balaban J connectivity index is 1.90. The molecule has 1 saturated heterocycles. The van der Waals surface area contributed by atoms with Crippen molar-refractivity contribution in [3.63, 3.8) is 0 Å². The van der Waals surface area contributed by atoms with E-state index < -0.39 is 29.0 Å². The number of esters is 1. The van der Waals surface area contributed by atoms with Gasteiger partial charge < -0.3 is 25.9 Å². The second-order valence-corrected chi connectivity index (χ2v) is 9.43. The molecule has 2 aliphatic rings. The first-order valence-corrected chi connectivity index (χ1v) is 10.2. The predicted molar refractivity (Wildman–Crippen MR) is 112 cm³/mol. The van der Waals surface area contributed by atoms with Gasteiger partial charge in [-0.15, -0.1) is 0 Å². The second-order valence-electron chi connectivity index (χ2n) is 9.04. The normalized spacial score (nSPS) is 18.0. The minimum Gasteiger partial charge on any atom is -0.478 e. The number of aromatic carboxylic acids is 1. The molecule has 3 heterocycles. The highest BCUT2D eigenvalue weighted by atomic mass is 35.5. The van der Waals surface area contributed by atoms with E-state index in [-0.39, 0.29) is 11.3 Å². The Hall–Kier alpha value is -2.42. The van der Waals surface area contributed by atoms with E-state index in [4.69, 9.17) is 22.1 Å². The van der Waals surface area contributed by atoms with Crippen LogP contribution in [0.3, 0.4) is 0 Å². The molecule has 1 fully saturated rings. The van der Waals surface area contributed by atoms with Crippen molar-refractivity contribution in [3.05, 3.63) is 39.8 Å². The van der Waals surface area contributed by atoms with E-state index in [2.05, 4.69) is 15.3 Å². The summed E-state index contributed by atoms with van der Waals surface area (Å²) in [5.74, 6) is -2.59. The summed E-state index contributed by atoms with van der Waals surface area (Å²) >= 11 is 6.10. The largest absolute Gasteiger partial charge is 0.478 e. The minimum atomic E-state index is -1.10. The molecular weight excluding hydrogens is 408 g/mol. The topological polar surface area (TPSA) is 130 Å². The fourth-order valence-electron chi connectivity index (χ4n) is 4.27. The van der Waals surface area contributed by atoms with Crippen molar-refractivity contribution in [2.24, 2.45) is 5.73 Å². The molecular formula is C21H25ClN4O4. The van der Waals surface area contributed by atoms with E-state index in [0.717, 1.165) is 11.1 Å². The summed E-state index contributed by atoms with van der Waals surface area (Å²) in [7, 11) is 0. The lowest BCUT2D eigenvalue weighted by Crippen LogP contribution is -2.70. The van der Waals surface area contributed by atoms with Crippen LogP contribution in [0.2, 0.25) is 5.15 Å². The van der Waals surface area contributed by atoms with Gasteiger partial charge in [-0.2, -0.15) is 0 Å². The lowest BCUT2D eigenvalue weighted by molar-refractivity contribution is -0.159. The summed E-state index contributed by atoms with van der Waals surface area (Å²) in [5.41, 5.74) is 8.30. The van der Waals surface area contributed by atoms with Gasteiger partial charge in [0.2, 0.25) is 0 Å². The molecule has 0 bridgehead atoms. The number of pyridine rings is 1. The molecule has 5 N–H and O–H groups in total. The Labute approximate surface area is 179 Å². The van der Waals surface area contributed by atoms with Gasteiger partial charge in [0, 0.05) is 30.5 Å². The lowest BCUT2D eigenvalue weighted by atomic mass is 9.76. The average molecular weight is 433 g/mol. The van der Waals surface area contributed by atoms with Crippen molar-refractivity contribution < 1.29 is 19.4 Å². The molecule has 0 saturated carbocycles. The number of hydrogen-bond acceptors (Lipinski definition) is 6. The Kier molecular flexibility index (Phi) is 4.91. The van der Waals surface area contributed by atoms with Gasteiger partial charge in [-0.1, -0.05) is 11.6 Å². The second kappa shape index (κ2) is 7.08. The Morgan fingerprint density at radius 1 is 1.33 bits per heavy atom. The Bertz CT molecular complexity index is 1040. The molecule has 2 aromatic rings. The summed E-state index contributed by atoms with van der Waals surface area (Å²) in [6.07, 6.45) is 2.85. The summed E-state index contributed by atoms with van der Waals surface area (Å²) < 4.78 is 5.64. The first kappa shape index (κ1) is 20.8. The van der Waals surface area contributed by atoms with E-state index >= 15 is 0 Å². The maximum Gasteiger partial charge on any atom is 0.337 e. The van der Waals surface area contributed by atoms with Crippen molar-refractivity contribution in [2.45, 2.75) is 50.7 Å². The number of nitrogens with two attached hydrogens (primary N) is 1. The molecule has 4 rings (SSSR count). The first-order chi connectivity index (χ1) is 14.0. The Morgan fingerprint density at radius 2 is 2.03 bits per heavy atom. The van der Waals surface area contributed by atoms with Crippen molar-refractivity contribution in [2.75, 3.05) is 13.1 Å². The van der Waals surface area contributed by atoms with Gasteiger partial charge in [0.15, 0.2) is 0 Å². The van der Waals surface area contributed by atoms with Crippen LogP contribution < -0.4 is 11.1 Å². The standard InChI is InChI=1S/C21H25ClN4O4/c1-20(2,3)30-19(29)15(21(23)8-24-9-21)17-14(18(27)28)11-5-4-10-7-25-13(22)6-12(10)16(11)26-17/h6-7,15,24,26H,4-5,8-9,23H2,1-3H3,(H,27,28). The van der Waals surface area contributed by atoms with Crippen LogP contribution in [0.1, 0.15) is 53.9 Å². The zero-order valence-corrected chi connectivity index (χ0v) is 17.9. The van der Waals surface area contributed by atoms with Gasteiger partial charge in [-0.3, -0.25) is 4.79 Å². The van der Waals surface area contributed by atoms with Gasteiger partial charge in [0.1, 0.15) is 16.7 Å². The van der Waals surface area contributed by atoms with Crippen LogP contribution in [0, 0.1) is 0 Å². The minimum absolute atomic E-state index is 0.0937. The number of nitrogens with one attached hydrogen (secondary N) is 2. The zero-order valence-electron chi connectivity index (χ0n) is 17.1. The monoisotopic (exact) mass is 432 g/mol. The van der Waals surface area contributed by atoms with Crippen LogP contribution in [0.5, 0.6) is 0 Å². The number of fused-ring (bicyclic) bond motifs is 3. The molecule has 30 heavy (non-hydrogen) atoms. The fraction of sp³-hybridized carbons (Fsp3) is 0.476. The number of nitrogens with zero attached hydrogens (tertiary/aromatic N) is 1. The number of carbonyl (C=O) groups excluding carboxylic acids is 1. The number of H-pyrrole nitrogens is 1. The highest BCUT2D eigenvalue weighted by molar-refractivity contribution is 6.29. The number of ether oxygens (including phenoxy) is 1. The van der Waals surface area contributed by atoms with Crippen LogP contribution >= 0.6 is 11.6 Å². The van der Waals surface area contributed by atoms with Crippen molar-refractivity contribution in [1.82, 2.24) is 15.3 Å². The van der Waals surface area contributed by atoms with Gasteiger partial charge in [-0.05, 0) is 50.8 Å². The number of aryl methyl sites for hydroxylation is 1. The molecule has 1 aliphatic heterocycles. The summed E-state index contributed by atoms with van der Waals surface area (Å²) in [4.78, 5) is 32.9. The molecule has 0 aromatic carbocycles. The molecule has 1 unspecified atom stereocenters. The van der Waals surface area contributed by atoms with Crippen LogP contribution in [-0.4, -0.2) is 51.2 Å². The van der Waals surface area contributed by atoms with Gasteiger partial charge in [-0.25, -0.2) is 9.78 Å². The number of carboxylic acid groups (broad SMARTS) is 1. The fourth-order valence-corrected chi connectivity index (χ4v) is 4.43. The van der Waals surface area contributed by atoms with E-state index in [1.807, 2.05) is 0 Å². The van der Waals surface area contributed by atoms with Crippen molar-refractivity contribution in [1.29, 1.82) is 0 Å². The molecule has 0 spiro atoms. The maximum atomic E-state index is 13.2. The van der Waals surface area contributed by atoms with Crippen LogP contribution in [0.4, 0.5) is 0 Å². The van der Waals surface area contributed by atoms with Crippen LogP contribution in [-0.2, 0) is 22.4 Å². The number of rotatable bonds is 4. The van der Waals surface area contributed by atoms with Crippen molar-refractivity contribution >= 4 is 23.5 Å². The van der Waals surface area contributed by atoms with E-state index in [1.54, 1.807) is 33.0 Å². The number of carbonyl (C=O) groups is 2. The third kappa shape index (κ3) is 3.49. The number of aromatic nitrogens is 2. The zero-order chi connectivity index (χ0) is 21.8.